The summed E-state index contributed by atoms with van der Waals surface area (Å²) in [4.78, 5) is 22.9. The van der Waals surface area contributed by atoms with Gasteiger partial charge in [0.1, 0.15) is 16.9 Å². The topological polar surface area (TPSA) is 85.8 Å². The third-order valence-electron chi connectivity index (χ3n) is 5.58. The summed E-state index contributed by atoms with van der Waals surface area (Å²) in [6, 6.07) is 20.5. The summed E-state index contributed by atoms with van der Waals surface area (Å²) in [6.45, 7) is 4.09. The fourth-order valence-corrected chi connectivity index (χ4v) is 3.86. The molecular formula is C25H20ClN5O. The average molecular weight is 442 g/mol. The molecule has 0 bridgehead atoms. The molecule has 5 aromatic rings. The minimum atomic E-state index is -0.359. The second-order valence-electron chi connectivity index (χ2n) is 7.71. The molecule has 0 aliphatic heterocycles. The van der Waals surface area contributed by atoms with Crippen LogP contribution in [0.3, 0.4) is 0 Å². The van der Waals surface area contributed by atoms with Crippen LogP contribution in [-0.2, 0) is 0 Å². The van der Waals surface area contributed by atoms with E-state index >= 15 is 0 Å². The van der Waals surface area contributed by atoms with Crippen LogP contribution in [0.1, 0.15) is 21.5 Å². The average Bonchev–Trinajstić information content (AvgIpc) is 3.06. The van der Waals surface area contributed by atoms with Gasteiger partial charge in [-0.25, -0.2) is 9.97 Å². The van der Waals surface area contributed by atoms with Gasteiger partial charge in [0.25, 0.3) is 5.91 Å². The lowest BCUT2D eigenvalue weighted by molar-refractivity contribution is 0.102. The fourth-order valence-electron chi connectivity index (χ4n) is 3.74. The highest BCUT2D eigenvalue weighted by atomic mass is 35.5. The maximum Gasteiger partial charge on any atom is 0.261 e. The quantitative estimate of drug-likeness (QED) is 0.377. The van der Waals surface area contributed by atoms with Crippen LogP contribution in [0, 0.1) is 13.8 Å². The Balaban J connectivity index is 1.75. The molecule has 0 unspecified atom stereocenters. The minimum absolute atomic E-state index is 0.282. The first-order chi connectivity index (χ1) is 15.4. The van der Waals surface area contributed by atoms with Crippen molar-refractivity contribution < 1.29 is 4.79 Å². The number of amides is 1. The molecule has 6 nitrogen and oxygen atoms in total. The predicted octanol–water partition coefficient (Wildman–Crippen LogP) is 5.68. The van der Waals surface area contributed by atoms with Crippen molar-refractivity contribution in [2.45, 2.75) is 13.8 Å². The van der Waals surface area contributed by atoms with Crippen molar-refractivity contribution in [2.75, 3.05) is 11.1 Å². The molecule has 2 aromatic heterocycles. The first kappa shape index (κ1) is 20.0. The molecule has 7 heteroatoms. The zero-order chi connectivity index (χ0) is 22.4. The smallest absolute Gasteiger partial charge is 0.261 e. The van der Waals surface area contributed by atoms with E-state index in [0.29, 0.717) is 27.4 Å². The number of carbonyl (C=O) groups excluding carboxylic acids is 1. The van der Waals surface area contributed by atoms with E-state index in [9.17, 15) is 4.79 Å². The van der Waals surface area contributed by atoms with E-state index in [1.807, 2.05) is 49.4 Å². The Bertz CT molecular complexity index is 1510. The Kier molecular flexibility index (Phi) is 4.79. The third kappa shape index (κ3) is 3.35. The normalized spacial score (nSPS) is 11.2. The van der Waals surface area contributed by atoms with E-state index in [2.05, 4.69) is 12.2 Å². The Morgan fingerprint density at radius 2 is 1.62 bits per heavy atom. The van der Waals surface area contributed by atoms with Gasteiger partial charge < -0.3 is 11.1 Å². The summed E-state index contributed by atoms with van der Waals surface area (Å²) in [5, 5.41) is 3.48. The van der Waals surface area contributed by atoms with Crippen LogP contribution < -0.4 is 11.1 Å². The molecule has 32 heavy (non-hydrogen) atoms. The molecule has 0 aliphatic rings. The second-order valence-corrected chi connectivity index (χ2v) is 8.15. The van der Waals surface area contributed by atoms with E-state index in [1.165, 1.54) is 5.56 Å². The Labute approximate surface area is 189 Å². The van der Waals surface area contributed by atoms with Crippen LogP contribution >= 0.6 is 11.6 Å². The van der Waals surface area contributed by atoms with Gasteiger partial charge in [0.15, 0.2) is 5.65 Å². The van der Waals surface area contributed by atoms with Gasteiger partial charge in [-0.3, -0.25) is 9.36 Å². The van der Waals surface area contributed by atoms with Crippen LogP contribution in [0.15, 0.2) is 66.7 Å². The van der Waals surface area contributed by atoms with Crippen LogP contribution in [0.4, 0.5) is 11.5 Å². The fraction of sp³-hybridized carbons (Fsp3) is 0.0800. The number of nitrogens with one attached hydrogen (secondary N) is 1. The van der Waals surface area contributed by atoms with Gasteiger partial charge in [-0.2, -0.15) is 0 Å². The number of para-hydroxylation sites is 2. The molecule has 0 atom stereocenters. The number of benzene rings is 3. The largest absolute Gasteiger partial charge is 0.384 e. The van der Waals surface area contributed by atoms with Gasteiger partial charge >= 0.3 is 0 Å². The van der Waals surface area contributed by atoms with Crippen LogP contribution in [0.2, 0.25) is 5.02 Å². The Hall–Kier alpha value is -3.90. The standard InChI is InChI=1S/C25H20ClN5O/c1-14-7-12-18(13-15(14)2)31-23(27)21(25(32)28-17-10-8-16(26)9-11-17)22-24(31)30-20-6-4-3-5-19(20)29-22/h3-13H,27H2,1-2H3,(H,28,32). The van der Waals surface area contributed by atoms with Crippen molar-refractivity contribution in [3.8, 4) is 5.69 Å². The van der Waals surface area contributed by atoms with Gasteiger partial charge in [0, 0.05) is 16.4 Å². The van der Waals surface area contributed by atoms with E-state index in [0.717, 1.165) is 16.8 Å². The molecule has 1 amide bonds. The number of nitrogens with zero attached hydrogens (tertiary/aromatic N) is 3. The summed E-state index contributed by atoms with van der Waals surface area (Å²) in [5.74, 6) is -0.0768. The number of carbonyl (C=O) groups is 1. The molecule has 0 aliphatic carbocycles. The molecule has 0 saturated carbocycles. The van der Waals surface area contributed by atoms with Crippen molar-refractivity contribution in [3.63, 3.8) is 0 Å². The lowest BCUT2D eigenvalue weighted by Crippen LogP contribution is -2.14. The van der Waals surface area contributed by atoms with E-state index in [1.54, 1.807) is 28.8 Å². The van der Waals surface area contributed by atoms with E-state index < -0.39 is 0 Å². The summed E-state index contributed by atoms with van der Waals surface area (Å²) < 4.78 is 1.79. The van der Waals surface area contributed by atoms with Crippen molar-refractivity contribution in [2.24, 2.45) is 0 Å². The number of nitrogens with two attached hydrogens (primary N) is 1. The van der Waals surface area contributed by atoms with Crippen LogP contribution in [0.25, 0.3) is 27.9 Å². The SMILES string of the molecule is Cc1ccc(-n2c(N)c(C(=O)Nc3ccc(Cl)cc3)c3nc4ccccc4nc32)cc1C. The first-order valence-corrected chi connectivity index (χ1v) is 10.5. The summed E-state index contributed by atoms with van der Waals surface area (Å²) >= 11 is 5.96. The van der Waals surface area contributed by atoms with Gasteiger partial charge in [-0.1, -0.05) is 29.8 Å². The number of fused-ring (bicyclic) bond motifs is 2. The zero-order valence-corrected chi connectivity index (χ0v) is 18.3. The first-order valence-electron chi connectivity index (χ1n) is 10.1. The van der Waals surface area contributed by atoms with Crippen LogP contribution in [-0.4, -0.2) is 20.4 Å². The van der Waals surface area contributed by atoms with Crippen LogP contribution in [0.5, 0.6) is 0 Å². The van der Waals surface area contributed by atoms with Gasteiger partial charge in [-0.15, -0.1) is 0 Å². The summed E-state index contributed by atoms with van der Waals surface area (Å²) in [5.41, 5.74) is 13.0. The highest BCUT2D eigenvalue weighted by molar-refractivity contribution is 6.30. The number of aryl methyl sites for hydroxylation is 2. The van der Waals surface area contributed by atoms with E-state index in [4.69, 9.17) is 27.3 Å². The number of aromatic nitrogens is 3. The zero-order valence-electron chi connectivity index (χ0n) is 17.6. The van der Waals surface area contributed by atoms with E-state index in [-0.39, 0.29) is 17.3 Å². The maximum atomic E-state index is 13.3. The molecular weight excluding hydrogens is 422 g/mol. The maximum absolute atomic E-state index is 13.3. The van der Waals surface area contributed by atoms with Crippen molar-refractivity contribution in [3.05, 3.63) is 88.4 Å². The van der Waals surface area contributed by atoms with Crippen molar-refractivity contribution >= 4 is 51.2 Å². The molecule has 5 rings (SSSR count). The number of hydrogen-bond acceptors (Lipinski definition) is 4. The Morgan fingerprint density at radius 3 is 2.31 bits per heavy atom. The van der Waals surface area contributed by atoms with Crippen molar-refractivity contribution in [1.29, 1.82) is 0 Å². The lowest BCUT2D eigenvalue weighted by Gasteiger charge is -2.10. The molecule has 3 N–H and O–H groups in total. The molecule has 0 spiro atoms. The Morgan fingerprint density at radius 1 is 0.938 bits per heavy atom. The monoisotopic (exact) mass is 441 g/mol. The molecule has 0 radical (unpaired) electrons. The minimum Gasteiger partial charge on any atom is -0.384 e. The molecule has 2 heterocycles. The lowest BCUT2D eigenvalue weighted by atomic mass is 10.1. The summed E-state index contributed by atoms with van der Waals surface area (Å²) in [7, 11) is 0. The number of rotatable bonds is 3. The van der Waals surface area contributed by atoms with Gasteiger partial charge in [0.05, 0.1) is 11.0 Å². The molecule has 0 saturated heterocycles. The molecule has 0 fully saturated rings. The summed E-state index contributed by atoms with van der Waals surface area (Å²) in [6.07, 6.45) is 0. The number of hydrogen-bond donors (Lipinski definition) is 2. The number of halogens is 1. The highest BCUT2D eigenvalue weighted by Gasteiger charge is 2.25. The molecule has 158 valence electrons. The second kappa shape index (κ2) is 7.66. The molecule has 3 aromatic carbocycles. The van der Waals surface area contributed by atoms with Gasteiger partial charge in [0.2, 0.25) is 0 Å². The van der Waals surface area contributed by atoms with Crippen molar-refractivity contribution in [1.82, 2.24) is 14.5 Å². The predicted molar refractivity (Wildman–Crippen MR) is 130 cm³/mol. The van der Waals surface area contributed by atoms with Gasteiger partial charge in [-0.05, 0) is 73.5 Å². The third-order valence-corrected chi connectivity index (χ3v) is 5.83. The number of nitrogen functional groups attached to an aromatic ring is 1. The highest BCUT2D eigenvalue weighted by Crippen LogP contribution is 2.32. The number of anilines is 2.